The molecule has 3 N–H and O–H groups in total. The summed E-state index contributed by atoms with van der Waals surface area (Å²) >= 11 is 9.30. The molecule has 0 saturated heterocycles. The zero-order chi connectivity index (χ0) is 10.7. The predicted molar refractivity (Wildman–Crippen MR) is 62.3 cm³/mol. The summed E-state index contributed by atoms with van der Waals surface area (Å²) in [5.41, 5.74) is 6.21. The van der Waals surface area contributed by atoms with Crippen LogP contribution >= 0.6 is 27.5 Å². The van der Waals surface area contributed by atoms with Gasteiger partial charge in [0.25, 0.3) is 0 Å². The molecule has 0 amide bonds. The van der Waals surface area contributed by atoms with Crippen LogP contribution < -0.4 is 5.73 Å². The van der Waals surface area contributed by atoms with Crippen molar-refractivity contribution in [1.82, 2.24) is 0 Å². The lowest BCUT2D eigenvalue weighted by Crippen LogP contribution is -2.19. The van der Waals surface area contributed by atoms with E-state index >= 15 is 0 Å². The van der Waals surface area contributed by atoms with E-state index in [1.165, 1.54) is 0 Å². The molecule has 0 radical (unpaired) electrons. The van der Waals surface area contributed by atoms with Gasteiger partial charge in [-0.15, -0.1) is 0 Å². The van der Waals surface area contributed by atoms with Gasteiger partial charge in [-0.2, -0.15) is 0 Å². The highest BCUT2D eigenvalue weighted by atomic mass is 79.9. The molecule has 0 aromatic heterocycles. The van der Waals surface area contributed by atoms with Crippen molar-refractivity contribution in [3.8, 4) is 0 Å². The first-order valence-electron chi connectivity index (χ1n) is 4.39. The molecule has 1 aromatic carbocycles. The van der Waals surface area contributed by atoms with Gasteiger partial charge in [-0.1, -0.05) is 40.5 Å². The molecule has 1 rings (SSSR count). The molecule has 78 valence electrons. The molecular formula is C10H13BrClNO. The monoisotopic (exact) mass is 277 g/mol. The van der Waals surface area contributed by atoms with Crippen molar-refractivity contribution in [3.05, 3.63) is 33.3 Å². The fourth-order valence-electron chi connectivity index (χ4n) is 1.18. The van der Waals surface area contributed by atoms with Gasteiger partial charge in [0.15, 0.2) is 0 Å². The van der Waals surface area contributed by atoms with Gasteiger partial charge in [0.1, 0.15) is 0 Å². The van der Waals surface area contributed by atoms with Crippen LogP contribution in [0.15, 0.2) is 22.7 Å². The van der Waals surface area contributed by atoms with Crippen LogP contribution in [0.5, 0.6) is 0 Å². The Morgan fingerprint density at radius 2 is 2.21 bits per heavy atom. The summed E-state index contributed by atoms with van der Waals surface area (Å²) in [6.45, 7) is 2.33. The van der Waals surface area contributed by atoms with E-state index in [1.807, 2.05) is 19.1 Å². The first-order valence-corrected chi connectivity index (χ1v) is 5.56. The highest BCUT2D eigenvalue weighted by Gasteiger charge is 2.17. The number of rotatable bonds is 3. The van der Waals surface area contributed by atoms with Gasteiger partial charge in [-0.3, -0.25) is 0 Å². The summed E-state index contributed by atoms with van der Waals surface area (Å²) in [5, 5.41) is 10.4. The highest BCUT2D eigenvalue weighted by molar-refractivity contribution is 9.10. The second-order valence-corrected chi connectivity index (χ2v) is 4.65. The van der Waals surface area contributed by atoms with Crippen LogP contribution in [0.2, 0.25) is 5.02 Å². The topological polar surface area (TPSA) is 46.2 Å². The van der Waals surface area contributed by atoms with Gasteiger partial charge >= 0.3 is 0 Å². The van der Waals surface area contributed by atoms with E-state index < -0.39 is 6.10 Å². The molecule has 4 heteroatoms. The van der Waals surface area contributed by atoms with Crippen molar-refractivity contribution in [1.29, 1.82) is 0 Å². The fraction of sp³-hybridized carbons (Fsp3) is 0.400. The first kappa shape index (κ1) is 12.0. The molecule has 2 unspecified atom stereocenters. The molecule has 2 nitrogen and oxygen atoms in total. The standard InChI is InChI=1S/C10H13BrClNO/c1-6(5-13)10(14)8-3-2-7(11)4-9(8)12/h2-4,6,10,14H,5,13H2,1H3. The lowest BCUT2D eigenvalue weighted by atomic mass is 9.98. The maximum Gasteiger partial charge on any atom is 0.0841 e. The van der Waals surface area contributed by atoms with Crippen LogP contribution in [0, 0.1) is 5.92 Å². The van der Waals surface area contributed by atoms with E-state index in [1.54, 1.807) is 6.07 Å². The third-order valence-corrected chi connectivity index (χ3v) is 3.01. The zero-order valence-electron chi connectivity index (χ0n) is 7.87. The van der Waals surface area contributed by atoms with Gasteiger partial charge < -0.3 is 10.8 Å². The number of hydrogen-bond acceptors (Lipinski definition) is 2. The van der Waals surface area contributed by atoms with Crippen LogP contribution in [0.25, 0.3) is 0 Å². The Bertz CT molecular complexity index is 319. The van der Waals surface area contributed by atoms with Crippen molar-refractivity contribution < 1.29 is 5.11 Å². The maximum atomic E-state index is 9.88. The number of benzene rings is 1. The average Bonchev–Trinajstić information content (AvgIpc) is 2.15. The number of halogens is 2. The third kappa shape index (κ3) is 2.70. The van der Waals surface area contributed by atoms with Crippen molar-refractivity contribution >= 4 is 27.5 Å². The Balaban J connectivity index is 2.95. The Labute approximate surface area is 97.2 Å². The van der Waals surface area contributed by atoms with Crippen molar-refractivity contribution in [2.75, 3.05) is 6.54 Å². The molecule has 0 aliphatic heterocycles. The molecule has 0 bridgehead atoms. The summed E-state index contributed by atoms with van der Waals surface area (Å²) in [7, 11) is 0. The van der Waals surface area contributed by atoms with Gasteiger partial charge in [0.2, 0.25) is 0 Å². The van der Waals surface area contributed by atoms with Crippen molar-refractivity contribution in [3.63, 3.8) is 0 Å². The molecule has 0 fully saturated rings. The van der Waals surface area contributed by atoms with Gasteiger partial charge in [0, 0.05) is 9.50 Å². The molecule has 2 atom stereocenters. The Kier molecular flexibility index (Phi) is 4.38. The molecule has 1 aromatic rings. The zero-order valence-corrected chi connectivity index (χ0v) is 10.2. The summed E-state index contributed by atoms with van der Waals surface area (Å²) in [6, 6.07) is 5.43. The quantitative estimate of drug-likeness (QED) is 0.893. The smallest absolute Gasteiger partial charge is 0.0841 e. The van der Waals surface area contributed by atoms with Crippen LogP contribution in [-0.2, 0) is 0 Å². The van der Waals surface area contributed by atoms with E-state index in [0.717, 1.165) is 10.0 Å². The fourth-order valence-corrected chi connectivity index (χ4v) is 1.96. The van der Waals surface area contributed by atoms with Crippen LogP contribution in [0.1, 0.15) is 18.6 Å². The molecule has 0 aliphatic carbocycles. The molecule has 0 aliphatic rings. The minimum absolute atomic E-state index is 0.00803. The summed E-state index contributed by atoms with van der Waals surface area (Å²) in [6.07, 6.45) is -0.597. The van der Waals surface area contributed by atoms with E-state index in [4.69, 9.17) is 17.3 Å². The highest BCUT2D eigenvalue weighted by Crippen LogP contribution is 2.30. The summed E-state index contributed by atoms with van der Waals surface area (Å²) in [5.74, 6) is 0.00803. The Morgan fingerprint density at radius 1 is 1.57 bits per heavy atom. The minimum Gasteiger partial charge on any atom is -0.388 e. The third-order valence-electron chi connectivity index (χ3n) is 2.19. The molecule has 0 saturated carbocycles. The lowest BCUT2D eigenvalue weighted by Gasteiger charge is -2.18. The van der Waals surface area contributed by atoms with E-state index in [-0.39, 0.29) is 5.92 Å². The second kappa shape index (κ2) is 5.12. The minimum atomic E-state index is -0.597. The summed E-state index contributed by atoms with van der Waals surface area (Å²) in [4.78, 5) is 0. The van der Waals surface area contributed by atoms with Crippen molar-refractivity contribution in [2.45, 2.75) is 13.0 Å². The first-order chi connectivity index (χ1) is 6.56. The Hall–Kier alpha value is -0.0900. The average molecular weight is 279 g/mol. The number of nitrogens with two attached hydrogens (primary N) is 1. The lowest BCUT2D eigenvalue weighted by molar-refractivity contribution is 0.122. The molecule has 0 spiro atoms. The Morgan fingerprint density at radius 3 is 2.71 bits per heavy atom. The van der Waals surface area contributed by atoms with E-state index in [2.05, 4.69) is 15.9 Å². The van der Waals surface area contributed by atoms with E-state index in [9.17, 15) is 5.11 Å². The second-order valence-electron chi connectivity index (χ2n) is 3.32. The normalized spacial score (nSPS) is 15.2. The van der Waals surface area contributed by atoms with Gasteiger partial charge in [-0.05, 0) is 30.2 Å². The van der Waals surface area contributed by atoms with Gasteiger partial charge in [0.05, 0.1) is 6.10 Å². The number of aliphatic hydroxyl groups excluding tert-OH is 1. The predicted octanol–water partition coefficient (Wildman–Crippen LogP) is 2.73. The van der Waals surface area contributed by atoms with E-state index in [0.29, 0.717) is 11.6 Å². The van der Waals surface area contributed by atoms with Crippen molar-refractivity contribution in [2.24, 2.45) is 11.7 Å². The molecular weight excluding hydrogens is 265 g/mol. The number of aliphatic hydroxyl groups is 1. The molecule has 0 heterocycles. The number of hydrogen-bond donors (Lipinski definition) is 2. The van der Waals surface area contributed by atoms with Crippen LogP contribution in [0.3, 0.4) is 0 Å². The van der Waals surface area contributed by atoms with Gasteiger partial charge in [-0.25, -0.2) is 0 Å². The SMILES string of the molecule is CC(CN)C(O)c1ccc(Br)cc1Cl. The molecule has 14 heavy (non-hydrogen) atoms. The van der Waals surface area contributed by atoms with Crippen LogP contribution in [0.4, 0.5) is 0 Å². The largest absolute Gasteiger partial charge is 0.388 e. The summed E-state index contributed by atoms with van der Waals surface area (Å²) < 4.78 is 0.902. The maximum absolute atomic E-state index is 9.88. The van der Waals surface area contributed by atoms with Crippen LogP contribution in [-0.4, -0.2) is 11.7 Å².